The summed E-state index contributed by atoms with van der Waals surface area (Å²) in [6.07, 6.45) is 0.334. The summed E-state index contributed by atoms with van der Waals surface area (Å²) in [6, 6.07) is 10.2. The second-order valence-corrected chi connectivity index (χ2v) is 5.66. The number of aliphatic hydroxyl groups is 1. The van der Waals surface area contributed by atoms with E-state index in [9.17, 15) is 5.11 Å². The summed E-state index contributed by atoms with van der Waals surface area (Å²) < 4.78 is 5.49. The first-order valence-electron chi connectivity index (χ1n) is 7.30. The number of aryl methyl sites for hydroxylation is 2. The normalized spacial score (nSPS) is 14.5. The molecule has 2 aromatic rings. The van der Waals surface area contributed by atoms with Crippen LogP contribution in [-0.2, 0) is 6.42 Å². The zero-order valence-corrected chi connectivity index (χ0v) is 12.7. The van der Waals surface area contributed by atoms with Gasteiger partial charge in [-0.25, -0.2) is 0 Å². The van der Waals surface area contributed by atoms with Crippen LogP contribution in [-0.4, -0.2) is 18.8 Å². The first-order chi connectivity index (χ1) is 10.1. The number of hydrogen-bond donors (Lipinski definition) is 2. The SMILES string of the molecule is COc1cc(C)cc(C)c1C(O)c1cccc2c1NCC2. The van der Waals surface area contributed by atoms with Gasteiger partial charge >= 0.3 is 0 Å². The third kappa shape index (κ3) is 2.38. The number of fused-ring (bicyclic) bond motifs is 1. The number of para-hydroxylation sites is 1. The van der Waals surface area contributed by atoms with Gasteiger partial charge in [-0.3, -0.25) is 0 Å². The van der Waals surface area contributed by atoms with E-state index in [0.717, 1.165) is 46.7 Å². The average molecular weight is 283 g/mol. The van der Waals surface area contributed by atoms with Crippen molar-refractivity contribution in [2.45, 2.75) is 26.4 Å². The van der Waals surface area contributed by atoms with Crippen LogP contribution in [0.3, 0.4) is 0 Å². The number of aliphatic hydroxyl groups excluding tert-OH is 1. The zero-order valence-electron chi connectivity index (χ0n) is 12.7. The van der Waals surface area contributed by atoms with E-state index in [4.69, 9.17) is 4.74 Å². The molecule has 3 rings (SSSR count). The molecule has 1 aliphatic heterocycles. The van der Waals surface area contributed by atoms with Crippen LogP contribution in [0.25, 0.3) is 0 Å². The van der Waals surface area contributed by atoms with Crippen molar-refractivity contribution in [2.75, 3.05) is 19.0 Å². The highest BCUT2D eigenvalue weighted by Gasteiger charge is 2.24. The van der Waals surface area contributed by atoms with Crippen LogP contribution in [0.5, 0.6) is 5.75 Å². The van der Waals surface area contributed by atoms with Crippen molar-refractivity contribution in [3.63, 3.8) is 0 Å². The molecule has 0 saturated carbocycles. The lowest BCUT2D eigenvalue weighted by atomic mass is 9.93. The number of nitrogens with one attached hydrogen (secondary N) is 1. The van der Waals surface area contributed by atoms with Gasteiger partial charge in [0.25, 0.3) is 0 Å². The average Bonchev–Trinajstić information content (AvgIpc) is 2.94. The maximum Gasteiger partial charge on any atom is 0.125 e. The van der Waals surface area contributed by atoms with Crippen LogP contribution in [0.15, 0.2) is 30.3 Å². The fraction of sp³-hybridized carbons (Fsp3) is 0.333. The lowest BCUT2D eigenvalue weighted by molar-refractivity contribution is 0.214. The molecule has 0 aromatic heterocycles. The van der Waals surface area contributed by atoms with Crippen molar-refractivity contribution in [3.05, 3.63) is 58.1 Å². The van der Waals surface area contributed by atoms with Crippen LogP contribution in [0, 0.1) is 13.8 Å². The van der Waals surface area contributed by atoms with E-state index in [1.54, 1.807) is 7.11 Å². The number of benzene rings is 2. The van der Waals surface area contributed by atoms with Crippen molar-refractivity contribution in [2.24, 2.45) is 0 Å². The third-order valence-corrected chi connectivity index (χ3v) is 4.16. The Labute approximate surface area is 125 Å². The predicted octanol–water partition coefficient (Wildman–Crippen LogP) is 3.36. The second-order valence-electron chi connectivity index (χ2n) is 5.66. The lowest BCUT2D eigenvalue weighted by Gasteiger charge is -2.20. The molecule has 1 atom stereocenters. The van der Waals surface area contributed by atoms with Gasteiger partial charge in [-0.15, -0.1) is 0 Å². The highest BCUT2D eigenvalue weighted by molar-refractivity contribution is 5.64. The smallest absolute Gasteiger partial charge is 0.125 e. The number of methoxy groups -OCH3 is 1. The summed E-state index contributed by atoms with van der Waals surface area (Å²) in [5.74, 6) is 0.746. The number of hydrogen-bond acceptors (Lipinski definition) is 3. The molecule has 21 heavy (non-hydrogen) atoms. The van der Waals surface area contributed by atoms with Gasteiger partial charge in [0.15, 0.2) is 0 Å². The van der Waals surface area contributed by atoms with E-state index in [1.807, 2.05) is 32.0 Å². The van der Waals surface area contributed by atoms with E-state index >= 15 is 0 Å². The molecule has 0 aliphatic carbocycles. The van der Waals surface area contributed by atoms with Gasteiger partial charge in [0.2, 0.25) is 0 Å². The van der Waals surface area contributed by atoms with Gasteiger partial charge in [-0.2, -0.15) is 0 Å². The summed E-state index contributed by atoms with van der Waals surface area (Å²) >= 11 is 0. The molecule has 0 spiro atoms. The van der Waals surface area contributed by atoms with Crippen molar-refractivity contribution < 1.29 is 9.84 Å². The summed E-state index contributed by atoms with van der Waals surface area (Å²) in [5, 5.41) is 14.3. The topological polar surface area (TPSA) is 41.5 Å². The van der Waals surface area contributed by atoms with Crippen LogP contribution in [0.2, 0.25) is 0 Å². The zero-order chi connectivity index (χ0) is 15.0. The first kappa shape index (κ1) is 14.0. The van der Waals surface area contributed by atoms with Gasteiger partial charge in [0.1, 0.15) is 11.9 Å². The highest BCUT2D eigenvalue weighted by Crippen LogP contribution is 2.39. The molecule has 3 nitrogen and oxygen atoms in total. The Morgan fingerprint density at radius 2 is 2.05 bits per heavy atom. The summed E-state index contributed by atoms with van der Waals surface area (Å²) in [5.41, 5.74) is 6.31. The minimum atomic E-state index is -0.680. The Bertz CT molecular complexity index is 679. The van der Waals surface area contributed by atoms with E-state index in [1.165, 1.54) is 5.56 Å². The van der Waals surface area contributed by atoms with E-state index in [0.29, 0.717) is 0 Å². The molecule has 0 saturated heterocycles. The maximum absolute atomic E-state index is 10.9. The van der Waals surface area contributed by atoms with Gasteiger partial charge in [-0.05, 0) is 43.0 Å². The molecule has 1 heterocycles. The summed E-state index contributed by atoms with van der Waals surface area (Å²) in [6.45, 7) is 4.99. The molecule has 0 fully saturated rings. The van der Waals surface area contributed by atoms with Crippen LogP contribution >= 0.6 is 0 Å². The molecule has 0 bridgehead atoms. The van der Waals surface area contributed by atoms with Crippen molar-refractivity contribution in [3.8, 4) is 5.75 Å². The summed E-state index contributed by atoms with van der Waals surface area (Å²) in [4.78, 5) is 0. The van der Waals surface area contributed by atoms with Crippen LogP contribution in [0.4, 0.5) is 5.69 Å². The Morgan fingerprint density at radius 1 is 1.24 bits per heavy atom. The quantitative estimate of drug-likeness (QED) is 0.907. The van der Waals surface area contributed by atoms with Crippen molar-refractivity contribution in [1.82, 2.24) is 0 Å². The molecule has 0 radical (unpaired) electrons. The third-order valence-electron chi connectivity index (χ3n) is 4.16. The molecule has 2 aromatic carbocycles. The fourth-order valence-electron chi connectivity index (χ4n) is 3.21. The largest absolute Gasteiger partial charge is 0.496 e. The summed E-state index contributed by atoms with van der Waals surface area (Å²) in [7, 11) is 1.65. The Balaban J connectivity index is 2.12. The molecule has 3 heteroatoms. The highest BCUT2D eigenvalue weighted by atomic mass is 16.5. The second kappa shape index (κ2) is 5.41. The number of rotatable bonds is 3. The Morgan fingerprint density at radius 3 is 2.81 bits per heavy atom. The maximum atomic E-state index is 10.9. The van der Waals surface area contributed by atoms with Crippen molar-refractivity contribution in [1.29, 1.82) is 0 Å². The van der Waals surface area contributed by atoms with Crippen LogP contribution in [0.1, 0.15) is 33.9 Å². The molecule has 1 aliphatic rings. The molecule has 110 valence electrons. The van der Waals surface area contributed by atoms with Gasteiger partial charge in [-0.1, -0.05) is 24.3 Å². The van der Waals surface area contributed by atoms with E-state index in [2.05, 4.69) is 17.4 Å². The van der Waals surface area contributed by atoms with E-state index < -0.39 is 6.10 Å². The number of ether oxygens (including phenoxy) is 1. The fourth-order valence-corrected chi connectivity index (χ4v) is 3.21. The molecule has 2 N–H and O–H groups in total. The number of anilines is 1. The van der Waals surface area contributed by atoms with E-state index in [-0.39, 0.29) is 0 Å². The van der Waals surface area contributed by atoms with Gasteiger partial charge in [0, 0.05) is 23.4 Å². The van der Waals surface area contributed by atoms with Crippen LogP contribution < -0.4 is 10.1 Å². The van der Waals surface area contributed by atoms with Gasteiger partial charge in [0.05, 0.1) is 7.11 Å². The minimum Gasteiger partial charge on any atom is -0.496 e. The standard InChI is InChI=1S/C18H21NO2/c1-11-9-12(2)16(15(10-11)21-3)18(20)14-6-4-5-13-7-8-19-17(13)14/h4-6,9-10,18-20H,7-8H2,1-3H3. The monoisotopic (exact) mass is 283 g/mol. The van der Waals surface area contributed by atoms with Gasteiger partial charge < -0.3 is 15.2 Å². The predicted molar refractivity (Wildman–Crippen MR) is 85.2 cm³/mol. The molecule has 0 amide bonds. The lowest BCUT2D eigenvalue weighted by Crippen LogP contribution is -2.08. The first-order valence-corrected chi connectivity index (χ1v) is 7.30. The Hall–Kier alpha value is -2.00. The molecular weight excluding hydrogens is 262 g/mol. The molecular formula is C18H21NO2. The van der Waals surface area contributed by atoms with Crippen molar-refractivity contribution >= 4 is 5.69 Å². The minimum absolute atomic E-state index is 0.680. The Kier molecular flexibility index (Phi) is 3.60. The molecule has 1 unspecified atom stereocenters.